The lowest BCUT2D eigenvalue weighted by Gasteiger charge is -2.24. The number of nitrogens with zero attached hydrogens (tertiary/aromatic N) is 1. The molecule has 110 valence electrons. The minimum absolute atomic E-state index is 0.0478. The number of hydrogen-bond donors (Lipinski definition) is 2. The standard InChI is InChI=1S/C15H14F2N2OS/c1-2-19(9-4-3-5-10(20)8-9)12-7-6-11(15(18)21)13(16)14(12)17/h3-8,20H,2H2,1H3,(H2,18,21). The number of anilines is 2. The highest BCUT2D eigenvalue weighted by Gasteiger charge is 2.19. The van der Waals surface area contributed by atoms with Gasteiger partial charge in [0, 0.05) is 23.9 Å². The van der Waals surface area contributed by atoms with Gasteiger partial charge in [-0.25, -0.2) is 8.78 Å². The van der Waals surface area contributed by atoms with Crippen LogP contribution in [-0.2, 0) is 0 Å². The van der Waals surface area contributed by atoms with E-state index in [1.807, 2.05) is 0 Å². The summed E-state index contributed by atoms with van der Waals surface area (Å²) in [6, 6.07) is 9.07. The summed E-state index contributed by atoms with van der Waals surface area (Å²) in [6.45, 7) is 2.19. The number of halogens is 2. The van der Waals surface area contributed by atoms with Gasteiger partial charge < -0.3 is 15.7 Å². The van der Waals surface area contributed by atoms with Crippen molar-refractivity contribution in [1.29, 1.82) is 0 Å². The van der Waals surface area contributed by atoms with E-state index in [2.05, 4.69) is 12.2 Å². The van der Waals surface area contributed by atoms with Crippen LogP contribution in [0.5, 0.6) is 5.75 Å². The Morgan fingerprint density at radius 2 is 1.95 bits per heavy atom. The smallest absolute Gasteiger partial charge is 0.183 e. The quantitative estimate of drug-likeness (QED) is 0.849. The van der Waals surface area contributed by atoms with Crippen LogP contribution in [0, 0.1) is 11.6 Å². The third kappa shape index (κ3) is 2.95. The Kier molecular flexibility index (Phi) is 4.37. The van der Waals surface area contributed by atoms with E-state index < -0.39 is 11.6 Å². The van der Waals surface area contributed by atoms with Crippen molar-refractivity contribution in [2.75, 3.05) is 11.4 Å². The van der Waals surface area contributed by atoms with Crippen LogP contribution in [-0.4, -0.2) is 16.6 Å². The number of rotatable bonds is 4. The Morgan fingerprint density at radius 1 is 1.24 bits per heavy atom. The maximum Gasteiger partial charge on any atom is 0.183 e. The fourth-order valence-corrected chi connectivity index (χ4v) is 2.25. The topological polar surface area (TPSA) is 49.5 Å². The molecular formula is C15H14F2N2OS. The average Bonchev–Trinajstić information content (AvgIpc) is 2.44. The summed E-state index contributed by atoms with van der Waals surface area (Å²) in [5.41, 5.74) is 5.84. The van der Waals surface area contributed by atoms with Crippen LogP contribution in [0.15, 0.2) is 36.4 Å². The van der Waals surface area contributed by atoms with Gasteiger partial charge in [0.2, 0.25) is 0 Å². The molecule has 2 rings (SSSR count). The van der Waals surface area contributed by atoms with Crippen molar-refractivity contribution in [3.8, 4) is 5.75 Å². The molecule has 0 saturated carbocycles. The number of hydrogen-bond acceptors (Lipinski definition) is 3. The van der Waals surface area contributed by atoms with Crippen LogP contribution in [0.1, 0.15) is 12.5 Å². The van der Waals surface area contributed by atoms with Crippen molar-refractivity contribution >= 4 is 28.6 Å². The molecule has 21 heavy (non-hydrogen) atoms. The lowest BCUT2D eigenvalue weighted by atomic mass is 10.1. The van der Waals surface area contributed by atoms with Crippen molar-refractivity contribution in [1.82, 2.24) is 0 Å². The first-order chi connectivity index (χ1) is 9.95. The van der Waals surface area contributed by atoms with E-state index in [1.54, 1.807) is 24.0 Å². The second-order valence-corrected chi connectivity index (χ2v) is 4.83. The lowest BCUT2D eigenvalue weighted by Crippen LogP contribution is -2.20. The summed E-state index contributed by atoms with van der Waals surface area (Å²) in [6.07, 6.45) is 0. The Labute approximate surface area is 126 Å². The molecule has 6 heteroatoms. The molecule has 0 heterocycles. The molecule has 0 saturated heterocycles. The second kappa shape index (κ2) is 6.05. The van der Waals surface area contributed by atoms with Crippen molar-refractivity contribution in [3.05, 3.63) is 53.6 Å². The molecule has 0 aliphatic heterocycles. The molecule has 2 aromatic rings. The maximum absolute atomic E-state index is 14.3. The highest BCUT2D eigenvalue weighted by molar-refractivity contribution is 7.80. The lowest BCUT2D eigenvalue weighted by molar-refractivity contribution is 0.475. The second-order valence-electron chi connectivity index (χ2n) is 4.39. The molecule has 0 bridgehead atoms. The number of benzene rings is 2. The molecule has 0 aliphatic carbocycles. The van der Waals surface area contributed by atoms with Crippen LogP contribution in [0.3, 0.4) is 0 Å². The molecule has 0 amide bonds. The van der Waals surface area contributed by atoms with Gasteiger partial charge >= 0.3 is 0 Å². The predicted molar refractivity (Wildman–Crippen MR) is 83.0 cm³/mol. The molecule has 0 radical (unpaired) electrons. The molecule has 0 fully saturated rings. The Bertz CT molecular complexity index is 691. The Morgan fingerprint density at radius 3 is 2.52 bits per heavy atom. The average molecular weight is 308 g/mol. The van der Waals surface area contributed by atoms with Gasteiger partial charge in [-0.15, -0.1) is 0 Å². The first-order valence-corrected chi connectivity index (χ1v) is 6.71. The number of nitrogens with two attached hydrogens (primary N) is 1. The number of phenolic OH excluding ortho intramolecular Hbond substituents is 1. The molecular weight excluding hydrogens is 294 g/mol. The number of phenols is 1. The highest BCUT2D eigenvalue weighted by atomic mass is 32.1. The summed E-state index contributed by atoms with van der Waals surface area (Å²) in [5.74, 6) is -2.05. The zero-order valence-electron chi connectivity index (χ0n) is 11.3. The number of aromatic hydroxyl groups is 1. The van der Waals surface area contributed by atoms with E-state index in [-0.39, 0.29) is 22.0 Å². The number of thiocarbonyl (C=S) groups is 1. The van der Waals surface area contributed by atoms with E-state index in [4.69, 9.17) is 5.73 Å². The maximum atomic E-state index is 14.3. The van der Waals surface area contributed by atoms with Crippen LogP contribution >= 0.6 is 12.2 Å². The minimum Gasteiger partial charge on any atom is -0.508 e. The zero-order valence-corrected chi connectivity index (χ0v) is 12.1. The van der Waals surface area contributed by atoms with Gasteiger partial charge in [0.1, 0.15) is 10.7 Å². The monoisotopic (exact) mass is 308 g/mol. The summed E-state index contributed by atoms with van der Waals surface area (Å²) in [4.78, 5) is 1.35. The van der Waals surface area contributed by atoms with Gasteiger partial charge in [-0.3, -0.25) is 0 Å². The molecule has 3 N–H and O–H groups in total. The van der Waals surface area contributed by atoms with Crippen LogP contribution in [0.25, 0.3) is 0 Å². The summed E-state index contributed by atoms with van der Waals surface area (Å²) >= 11 is 4.68. The molecule has 0 atom stereocenters. The first-order valence-electron chi connectivity index (χ1n) is 6.30. The summed E-state index contributed by atoms with van der Waals surface area (Å²) in [5, 5.41) is 9.52. The van der Waals surface area contributed by atoms with Crippen LogP contribution < -0.4 is 10.6 Å². The normalized spacial score (nSPS) is 10.4. The molecule has 0 unspecified atom stereocenters. The van der Waals surface area contributed by atoms with Crippen LogP contribution in [0.4, 0.5) is 20.2 Å². The van der Waals surface area contributed by atoms with E-state index in [0.717, 1.165) is 0 Å². The zero-order chi connectivity index (χ0) is 15.6. The van der Waals surface area contributed by atoms with Gasteiger partial charge in [0.05, 0.1) is 5.69 Å². The fourth-order valence-electron chi connectivity index (χ4n) is 2.09. The van der Waals surface area contributed by atoms with Gasteiger partial charge in [-0.2, -0.15) is 0 Å². The van der Waals surface area contributed by atoms with Gasteiger partial charge in [0.15, 0.2) is 11.6 Å². The summed E-state index contributed by atoms with van der Waals surface area (Å²) in [7, 11) is 0. The van der Waals surface area contributed by atoms with E-state index in [9.17, 15) is 13.9 Å². The first kappa shape index (κ1) is 15.2. The molecule has 0 aromatic heterocycles. The van der Waals surface area contributed by atoms with Crippen molar-refractivity contribution in [2.45, 2.75) is 6.92 Å². The molecule has 0 aliphatic rings. The molecule has 3 nitrogen and oxygen atoms in total. The van der Waals surface area contributed by atoms with E-state index >= 15 is 0 Å². The summed E-state index contributed by atoms with van der Waals surface area (Å²) < 4.78 is 28.2. The fraction of sp³-hybridized carbons (Fsp3) is 0.133. The van der Waals surface area contributed by atoms with Crippen molar-refractivity contribution in [3.63, 3.8) is 0 Å². The molecule has 0 spiro atoms. The largest absolute Gasteiger partial charge is 0.508 e. The minimum atomic E-state index is -1.07. The van der Waals surface area contributed by atoms with Gasteiger partial charge in [-0.1, -0.05) is 18.3 Å². The SMILES string of the molecule is CCN(c1cccc(O)c1)c1ccc(C(N)=S)c(F)c1F. The highest BCUT2D eigenvalue weighted by Crippen LogP contribution is 2.31. The predicted octanol–water partition coefficient (Wildman–Crippen LogP) is 3.46. The van der Waals surface area contributed by atoms with Gasteiger partial charge in [-0.05, 0) is 31.2 Å². The van der Waals surface area contributed by atoms with E-state index in [0.29, 0.717) is 12.2 Å². The Hall–Kier alpha value is -2.21. The molecule has 2 aromatic carbocycles. The third-order valence-electron chi connectivity index (χ3n) is 3.08. The van der Waals surface area contributed by atoms with Crippen molar-refractivity contribution < 1.29 is 13.9 Å². The van der Waals surface area contributed by atoms with E-state index in [1.165, 1.54) is 24.3 Å². The van der Waals surface area contributed by atoms with Crippen molar-refractivity contribution in [2.24, 2.45) is 5.73 Å². The third-order valence-corrected chi connectivity index (χ3v) is 3.30. The Balaban J connectivity index is 2.53. The van der Waals surface area contributed by atoms with Gasteiger partial charge in [0.25, 0.3) is 0 Å². The van der Waals surface area contributed by atoms with Crippen LogP contribution in [0.2, 0.25) is 0 Å².